The number of aromatic nitrogens is 2. The van der Waals surface area contributed by atoms with Crippen molar-refractivity contribution in [3.8, 4) is 32.6 Å². The third kappa shape index (κ3) is 2.83. The average Bonchev–Trinajstić information content (AvgIpc) is 3.38. The number of nitrogens with zero attached hydrogens (tertiary/aromatic N) is 2. The van der Waals surface area contributed by atoms with Gasteiger partial charge in [0.25, 0.3) is 0 Å². The van der Waals surface area contributed by atoms with Crippen LogP contribution in [0.1, 0.15) is 0 Å². The first-order valence-corrected chi connectivity index (χ1v) is 9.91. The predicted octanol–water partition coefficient (Wildman–Crippen LogP) is 4.31. The molecule has 1 N–H and O–H groups in total. The number of hydrogen-bond donors (Lipinski definition) is 1. The second kappa shape index (κ2) is 6.33. The van der Waals surface area contributed by atoms with E-state index in [1.165, 1.54) is 0 Å². The van der Waals surface area contributed by atoms with Crippen LogP contribution >= 0.6 is 22.7 Å². The number of aliphatic carboxylic acids is 1. The van der Waals surface area contributed by atoms with E-state index in [0.717, 1.165) is 21.1 Å². The fourth-order valence-corrected chi connectivity index (χ4v) is 4.34. The highest BCUT2D eigenvalue weighted by atomic mass is 32.1. The fraction of sp³-hybridized carbons (Fsp3) is 0.105. The van der Waals surface area contributed by atoms with E-state index >= 15 is 0 Å². The van der Waals surface area contributed by atoms with E-state index in [4.69, 9.17) is 24.5 Å². The molecule has 1 aromatic carbocycles. The average molecular weight is 396 g/mol. The van der Waals surface area contributed by atoms with Crippen molar-refractivity contribution in [1.29, 1.82) is 0 Å². The molecule has 0 saturated carbocycles. The van der Waals surface area contributed by atoms with Gasteiger partial charge >= 0.3 is 5.97 Å². The predicted molar refractivity (Wildman–Crippen MR) is 104 cm³/mol. The molecule has 134 valence electrons. The minimum absolute atomic E-state index is 0.0354. The molecule has 4 aromatic rings. The highest BCUT2D eigenvalue weighted by Gasteiger charge is 2.28. The molecule has 0 saturated heterocycles. The molecular weight excluding hydrogens is 384 g/mol. The van der Waals surface area contributed by atoms with E-state index in [1.807, 2.05) is 35.0 Å². The first kappa shape index (κ1) is 16.2. The number of thiophene rings is 2. The minimum Gasteiger partial charge on any atom is -0.485 e. The molecule has 27 heavy (non-hydrogen) atoms. The Hall–Kier alpha value is -2.97. The van der Waals surface area contributed by atoms with Crippen molar-refractivity contribution in [2.24, 2.45) is 0 Å². The lowest BCUT2D eigenvalue weighted by molar-refractivity contribution is -0.147. The first-order chi connectivity index (χ1) is 13.2. The van der Waals surface area contributed by atoms with Gasteiger partial charge in [0.1, 0.15) is 18.0 Å². The van der Waals surface area contributed by atoms with Gasteiger partial charge in [0, 0.05) is 12.1 Å². The van der Waals surface area contributed by atoms with Crippen molar-refractivity contribution in [2.75, 3.05) is 6.61 Å². The van der Waals surface area contributed by atoms with Crippen molar-refractivity contribution < 1.29 is 19.4 Å². The lowest BCUT2D eigenvalue weighted by Gasteiger charge is -2.24. The summed E-state index contributed by atoms with van der Waals surface area (Å²) in [5.41, 5.74) is 2.92. The molecule has 0 bridgehead atoms. The number of benzene rings is 1. The minimum atomic E-state index is -1.06. The van der Waals surface area contributed by atoms with Gasteiger partial charge in [0.05, 0.1) is 20.8 Å². The zero-order chi connectivity index (χ0) is 18.4. The third-order valence-corrected chi connectivity index (χ3v) is 5.93. The second-order valence-corrected chi connectivity index (χ2v) is 7.81. The largest absolute Gasteiger partial charge is 0.485 e. The second-order valence-electron chi connectivity index (χ2n) is 5.92. The number of carboxylic acids is 1. The fourth-order valence-electron chi connectivity index (χ4n) is 2.91. The number of rotatable bonds is 3. The van der Waals surface area contributed by atoms with Gasteiger partial charge in [-0.05, 0) is 22.9 Å². The monoisotopic (exact) mass is 396 g/mol. The molecule has 0 fully saturated rings. The van der Waals surface area contributed by atoms with E-state index in [2.05, 4.69) is 0 Å². The van der Waals surface area contributed by atoms with E-state index in [-0.39, 0.29) is 6.61 Å². The number of fused-ring (bicyclic) bond motifs is 2. The molecule has 1 unspecified atom stereocenters. The quantitative estimate of drug-likeness (QED) is 0.556. The van der Waals surface area contributed by atoms with Gasteiger partial charge in [0.15, 0.2) is 11.5 Å². The Bertz CT molecular complexity index is 1140. The van der Waals surface area contributed by atoms with E-state index in [0.29, 0.717) is 22.5 Å². The summed E-state index contributed by atoms with van der Waals surface area (Å²) in [5, 5.41) is 13.2. The summed E-state index contributed by atoms with van der Waals surface area (Å²) in [6.07, 6.45) is -1.02. The molecule has 0 aliphatic carbocycles. The lowest BCUT2D eigenvalue weighted by atomic mass is 10.2. The lowest BCUT2D eigenvalue weighted by Crippen LogP contribution is -2.36. The van der Waals surface area contributed by atoms with Crippen LogP contribution in [0.3, 0.4) is 0 Å². The van der Waals surface area contributed by atoms with Gasteiger partial charge in [-0.3, -0.25) is 0 Å². The summed E-state index contributed by atoms with van der Waals surface area (Å²) in [7, 11) is 0. The summed E-state index contributed by atoms with van der Waals surface area (Å²) in [6, 6.07) is 11.4. The van der Waals surface area contributed by atoms with Gasteiger partial charge in [0.2, 0.25) is 6.10 Å². The zero-order valence-electron chi connectivity index (χ0n) is 13.8. The van der Waals surface area contributed by atoms with E-state index in [9.17, 15) is 4.79 Å². The maximum absolute atomic E-state index is 11.2. The first-order valence-electron chi connectivity index (χ1n) is 8.15. The Morgan fingerprint density at radius 3 is 2.11 bits per heavy atom. The van der Waals surface area contributed by atoms with Gasteiger partial charge in [-0.25, -0.2) is 14.8 Å². The highest BCUT2D eigenvalue weighted by molar-refractivity contribution is 7.14. The Balaban J connectivity index is 1.71. The number of carboxylic acid groups (broad SMARTS) is 1. The maximum Gasteiger partial charge on any atom is 0.348 e. The van der Waals surface area contributed by atoms with Gasteiger partial charge in [-0.1, -0.05) is 12.1 Å². The van der Waals surface area contributed by atoms with E-state index < -0.39 is 12.1 Å². The zero-order valence-corrected chi connectivity index (χ0v) is 15.4. The van der Waals surface area contributed by atoms with Crippen molar-refractivity contribution in [1.82, 2.24) is 9.97 Å². The Morgan fingerprint density at radius 2 is 1.59 bits per heavy atom. The SMILES string of the molecule is O=C(O)C1COc2cc3nc(-c4cccs4)c(-c4cccs4)nc3cc2O1. The van der Waals surface area contributed by atoms with Crippen LogP contribution in [-0.4, -0.2) is 33.8 Å². The Morgan fingerprint density at radius 1 is 1.00 bits per heavy atom. The number of ether oxygens (including phenoxy) is 2. The molecule has 1 aliphatic rings. The van der Waals surface area contributed by atoms with Crippen LogP contribution in [0, 0.1) is 0 Å². The number of hydrogen-bond acceptors (Lipinski definition) is 7. The van der Waals surface area contributed by atoms with Crippen LogP contribution in [0.25, 0.3) is 32.2 Å². The Kier molecular flexibility index (Phi) is 3.80. The van der Waals surface area contributed by atoms with Crippen molar-refractivity contribution in [2.45, 2.75) is 6.10 Å². The van der Waals surface area contributed by atoms with Crippen molar-refractivity contribution >= 4 is 39.7 Å². The van der Waals surface area contributed by atoms with Gasteiger partial charge in [-0.2, -0.15) is 0 Å². The van der Waals surface area contributed by atoms with Gasteiger partial charge < -0.3 is 14.6 Å². The molecule has 0 amide bonds. The normalized spacial score (nSPS) is 15.8. The van der Waals surface area contributed by atoms with Crippen LogP contribution in [0.5, 0.6) is 11.5 Å². The third-order valence-electron chi connectivity index (χ3n) is 4.17. The summed E-state index contributed by atoms with van der Waals surface area (Å²) >= 11 is 3.21. The molecule has 1 atom stereocenters. The highest BCUT2D eigenvalue weighted by Crippen LogP contribution is 2.39. The van der Waals surface area contributed by atoms with E-state index in [1.54, 1.807) is 34.8 Å². The van der Waals surface area contributed by atoms with Crippen LogP contribution in [0.2, 0.25) is 0 Å². The van der Waals surface area contributed by atoms with Gasteiger partial charge in [-0.15, -0.1) is 22.7 Å². The standard InChI is InChI=1S/C19H12N2O4S2/c22-19(23)14-9-24-12-7-10-11(8-13(12)25-14)21-18(16-4-2-6-27-16)17(20-10)15-3-1-5-26-15/h1-8,14H,9H2,(H,22,23). The smallest absolute Gasteiger partial charge is 0.348 e. The van der Waals surface area contributed by atoms with Crippen molar-refractivity contribution in [3.63, 3.8) is 0 Å². The van der Waals surface area contributed by atoms with Crippen molar-refractivity contribution in [3.05, 3.63) is 47.2 Å². The van der Waals surface area contributed by atoms with Crippen LogP contribution in [-0.2, 0) is 4.79 Å². The topological polar surface area (TPSA) is 81.5 Å². The van der Waals surface area contributed by atoms with Crippen LogP contribution in [0.15, 0.2) is 47.2 Å². The molecule has 0 radical (unpaired) electrons. The molecule has 0 spiro atoms. The molecule has 6 nitrogen and oxygen atoms in total. The molecule has 5 rings (SSSR count). The maximum atomic E-state index is 11.2. The summed E-state index contributed by atoms with van der Waals surface area (Å²) < 4.78 is 11.1. The van der Waals surface area contributed by atoms with Crippen LogP contribution < -0.4 is 9.47 Å². The molecular formula is C19H12N2O4S2. The summed E-state index contributed by atoms with van der Waals surface area (Å²) in [5.74, 6) is -0.203. The number of carbonyl (C=O) groups is 1. The summed E-state index contributed by atoms with van der Waals surface area (Å²) in [4.78, 5) is 22.9. The molecule has 8 heteroatoms. The molecule has 1 aliphatic heterocycles. The molecule has 3 aromatic heterocycles. The molecule has 4 heterocycles. The van der Waals surface area contributed by atoms with Crippen LogP contribution in [0.4, 0.5) is 0 Å². The Labute approximate surface area is 161 Å². The summed E-state index contributed by atoms with van der Waals surface area (Å²) in [6.45, 7) is -0.0354.